The summed E-state index contributed by atoms with van der Waals surface area (Å²) in [6.45, 7) is 0. The minimum absolute atomic E-state index is 0.0796. The summed E-state index contributed by atoms with van der Waals surface area (Å²) in [5, 5.41) is 15.0. The van der Waals surface area contributed by atoms with Gasteiger partial charge >= 0.3 is 5.69 Å². The Bertz CT molecular complexity index is 914. The molecule has 0 atom stereocenters. The molecule has 0 fully saturated rings. The normalized spacial score (nSPS) is 10.3. The van der Waals surface area contributed by atoms with E-state index in [1.54, 1.807) is 36.5 Å². The van der Waals surface area contributed by atoms with E-state index in [-0.39, 0.29) is 11.4 Å². The minimum atomic E-state index is -0.462. The lowest BCUT2D eigenvalue weighted by atomic mass is 10.1. The second kappa shape index (κ2) is 7.19. The number of methoxy groups -OCH3 is 1. The highest BCUT2D eigenvalue weighted by molar-refractivity contribution is 6.30. The van der Waals surface area contributed by atoms with Crippen molar-refractivity contribution in [3.8, 4) is 16.9 Å². The highest BCUT2D eigenvalue weighted by atomic mass is 35.5. The average Bonchev–Trinajstić information content (AvgIpc) is 2.63. The van der Waals surface area contributed by atoms with E-state index in [9.17, 15) is 10.1 Å². The van der Waals surface area contributed by atoms with Crippen molar-refractivity contribution in [1.29, 1.82) is 0 Å². The van der Waals surface area contributed by atoms with Crippen molar-refractivity contribution in [1.82, 2.24) is 4.98 Å². The quantitative estimate of drug-likeness (QED) is 0.511. The molecule has 0 saturated heterocycles. The molecule has 3 rings (SSSR count). The Kier molecular flexibility index (Phi) is 4.81. The van der Waals surface area contributed by atoms with Crippen LogP contribution < -0.4 is 10.1 Å². The van der Waals surface area contributed by atoms with E-state index in [0.717, 1.165) is 11.3 Å². The molecule has 0 radical (unpaired) electrons. The van der Waals surface area contributed by atoms with Crippen molar-refractivity contribution in [2.75, 3.05) is 12.4 Å². The second-order valence-electron chi connectivity index (χ2n) is 5.21. The highest BCUT2D eigenvalue weighted by Gasteiger charge is 2.16. The van der Waals surface area contributed by atoms with Crippen LogP contribution in [0.4, 0.5) is 17.2 Å². The monoisotopic (exact) mass is 355 g/mol. The minimum Gasteiger partial charge on any atom is -0.490 e. The molecule has 0 spiro atoms. The summed E-state index contributed by atoms with van der Waals surface area (Å²) in [6, 6.07) is 15.7. The fourth-order valence-electron chi connectivity index (χ4n) is 2.37. The maximum absolute atomic E-state index is 11.2. The molecule has 1 heterocycles. The van der Waals surface area contributed by atoms with Crippen LogP contribution in [0.2, 0.25) is 5.02 Å². The predicted molar refractivity (Wildman–Crippen MR) is 97.6 cm³/mol. The summed E-state index contributed by atoms with van der Waals surface area (Å²) in [5.41, 5.74) is 2.27. The van der Waals surface area contributed by atoms with Crippen LogP contribution >= 0.6 is 11.6 Å². The zero-order valence-corrected chi connectivity index (χ0v) is 14.0. The maximum atomic E-state index is 11.2. The van der Waals surface area contributed by atoms with Crippen molar-refractivity contribution >= 4 is 28.8 Å². The number of nitrogens with one attached hydrogen (secondary N) is 1. The molecule has 0 bridgehead atoms. The Labute approximate surface area is 149 Å². The van der Waals surface area contributed by atoms with E-state index in [4.69, 9.17) is 16.3 Å². The second-order valence-corrected chi connectivity index (χ2v) is 5.64. The smallest absolute Gasteiger partial charge is 0.311 e. The zero-order valence-electron chi connectivity index (χ0n) is 13.3. The number of benzene rings is 2. The summed E-state index contributed by atoms with van der Waals surface area (Å²) < 4.78 is 5.03. The number of nitro benzene ring substituents is 1. The Hall–Kier alpha value is -3.12. The number of hydrogen-bond acceptors (Lipinski definition) is 5. The number of halogens is 1. The number of nitro groups is 1. The van der Waals surface area contributed by atoms with Crippen LogP contribution in [-0.4, -0.2) is 17.0 Å². The molecule has 7 heteroatoms. The number of ether oxygens (including phenoxy) is 1. The van der Waals surface area contributed by atoms with Crippen LogP contribution in [0, 0.1) is 10.1 Å². The van der Waals surface area contributed by atoms with Gasteiger partial charge in [-0.25, -0.2) is 4.98 Å². The van der Waals surface area contributed by atoms with Crippen molar-refractivity contribution in [2.24, 2.45) is 0 Å². The number of nitrogens with zero attached hydrogens (tertiary/aromatic N) is 2. The van der Waals surface area contributed by atoms with E-state index >= 15 is 0 Å². The number of hydrogen-bond donors (Lipinski definition) is 1. The molecule has 1 aromatic heterocycles. The first-order valence-corrected chi connectivity index (χ1v) is 7.76. The van der Waals surface area contributed by atoms with Crippen LogP contribution in [0.15, 0.2) is 60.8 Å². The fourth-order valence-corrected chi connectivity index (χ4v) is 2.50. The van der Waals surface area contributed by atoms with E-state index in [1.165, 1.54) is 13.2 Å². The first-order valence-electron chi connectivity index (χ1n) is 7.38. The summed E-state index contributed by atoms with van der Waals surface area (Å²) in [7, 11) is 1.41. The van der Waals surface area contributed by atoms with Gasteiger partial charge in [-0.05, 0) is 53.6 Å². The van der Waals surface area contributed by atoms with Gasteiger partial charge in [0.1, 0.15) is 5.82 Å². The van der Waals surface area contributed by atoms with Crippen LogP contribution in [0.25, 0.3) is 11.1 Å². The molecular weight excluding hydrogens is 342 g/mol. The third-order valence-electron chi connectivity index (χ3n) is 3.59. The lowest BCUT2D eigenvalue weighted by Gasteiger charge is -2.09. The predicted octanol–water partition coefficient (Wildman–Crippen LogP) is 5.06. The van der Waals surface area contributed by atoms with Crippen molar-refractivity contribution in [2.45, 2.75) is 0 Å². The van der Waals surface area contributed by atoms with Crippen molar-refractivity contribution in [3.63, 3.8) is 0 Å². The first kappa shape index (κ1) is 16.7. The van der Waals surface area contributed by atoms with Crippen LogP contribution in [0.5, 0.6) is 5.75 Å². The molecule has 0 amide bonds. The van der Waals surface area contributed by atoms with Crippen molar-refractivity contribution < 1.29 is 9.66 Å². The summed E-state index contributed by atoms with van der Waals surface area (Å²) in [5.74, 6) is 0.848. The molecule has 2 aromatic carbocycles. The van der Waals surface area contributed by atoms with E-state index < -0.39 is 4.92 Å². The Balaban J connectivity index is 1.92. The molecule has 0 aliphatic heterocycles. The lowest BCUT2D eigenvalue weighted by molar-refractivity contribution is -0.385. The summed E-state index contributed by atoms with van der Waals surface area (Å²) in [4.78, 5) is 15.0. The molecule has 25 heavy (non-hydrogen) atoms. The van der Waals surface area contributed by atoms with Gasteiger partial charge in [-0.15, -0.1) is 0 Å². The van der Waals surface area contributed by atoms with E-state index in [0.29, 0.717) is 16.4 Å². The Morgan fingerprint density at radius 2 is 1.80 bits per heavy atom. The zero-order chi connectivity index (χ0) is 17.8. The largest absolute Gasteiger partial charge is 0.490 e. The van der Waals surface area contributed by atoms with Gasteiger partial charge < -0.3 is 10.1 Å². The van der Waals surface area contributed by atoms with Crippen LogP contribution in [0.1, 0.15) is 0 Å². The molecule has 6 nitrogen and oxygen atoms in total. The van der Waals surface area contributed by atoms with E-state index in [2.05, 4.69) is 10.3 Å². The summed E-state index contributed by atoms with van der Waals surface area (Å²) in [6.07, 6.45) is 1.64. The molecule has 1 N–H and O–H groups in total. The molecule has 126 valence electrons. The van der Waals surface area contributed by atoms with Crippen LogP contribution in [0.3, 0.4) is 0 Å². The summed E-state index contributed by atoms with van der Waals surface area (Å²) >= 11 is 5.88. The number of anilines is 2. The van der Waals surface area contributed by atoms with Gasteiger partial charge in [0.2, 0.25) is 0 Å². The van der Waals surface area contributed by atoms with E-state index in [1.807, 2.05) is 18.2 Å². The Morgan fingerprint density at radius 1 is 1.08 bits per heavy atom. The molecule has 0 unspecified atom stereocenters. The molecular formula is C18H14ClN3O3. The van der Waals surface area contributed by atoms with Gasteiger partial charge in [0.25, 0.3) is 0 Å². The van der Waals surface area contributed by atoms with Gasteiger partial charge in [-0.1, -0.05) is 17.7 Å². The van der Waals surface area contributed by atoms with Gasteiger partial charge in [-0.3, -0.25) is 10.1 Å². The van der Waals surface area contributed by atoms with Crippen molar-refractivity contribution in [3.05, 3.63) is 75.9 Å². The van der Waals surface area contributed by atoms with Crippen LogP contribution in [-0.2, 0) is 0 Å². The SMILES string of the molecule is COc1ccc(-c2ccnc(Nc3ccc(Cl)cc3)c2)cc1[N+](=O)[O-]. The average molecular weight is 356 g/mol. The number of rotatable bonds is 5. The fraction of sp³-hybridized carbons (Fsp3) is 0.0556. The number of aromatic nitrogens is 1. The topological polar surface area (TPSA) is 77.3 Å². The highest BCUT2D eigenvalue weighted by Crippen LogP contribution is 2.32. The van der Waals surface area contributed by atoms with Gasteiger partial charge in [-0.2, -0.15) is 0 Å². The third kappa shape index (κ3) is 3.87. The van der Waals surface area contributed by atoms with Gasteiger partial charge in [0, 0.05) is 23.0 Å². The third-order valence-corrected chi connectivity index (χ3v) is 3.84. The molecule has 0 saturated carbocycles. The van der Waals surface area contributed by atoms with Gasteiger partial charge in [0.15, 0.2) is 5.75 Å². The van der Waals surface area contributed by atoms with Gasteiger partial charge in [0.05, 0.1) is 12.0 Å². The Morgan fingerprint density at radius 3 is 2.48 bits per heavy atom. The number of pyridine rings is 1. The standard InChI is InChI=1S/C18H14ClN3O3/c1-25-17-7-2-12(10-16(17)22(23)24)13-8-9-20-18(11-13)21-15-5-3-14(19)4-6-15/h2-11H,1H3,(H,20,21). The molecule has 3 aromatic rings. The molecule has 0 aliphatic carbocycles. The lowest BCUT2D eigenvalue weighted by Crippen LogP contribution is -1.95. The maximum Gasteiger partial charge on any atom is 0.311 e. The molecule has 0 aliphatic rings. The first-order chi connectivity index (χ1) is 12.1.